The molecule has 3 aromatic rings. The summed E-state index contributed by atoms with van der Waals surface area (Å²) in [5.41, 5.74) is 1.10. The van der Waals surface area contributed by atoms with Crippen molar-refractivity contribution in [3.63, 3.8) is 0 Å². The van der Waals surface area contributed by atoms with Crippen LogP contribution in [0.5, 0.6) is 5.75 Å². The Hall–Kier alpha value is -3.39. The highest BCUT2D eigenvalue weighted by Gasteiger charge is 2.37. The lowest BCUT2D eigenvalue weighted by Crippen LogP contribution is -2.54. The van der Waals surface area contributed by atoms with Gasteiger partial charge in [0.25, 0.3) is 15.9 Å². The number of nitrogens with one attached hydrogen (secondary N) is 3. The molecule has 0 bridgehead atoms. The molecule has 40 heavy (non-hydrogen) atoms. The Labute approximate surface area is 240 Å². The number of carbonyl (C=O) groups excluding carboxylic acids is 2. The molecule has 14 heteroatoms. The summed E-state index contributed by atoms with van der Waals surface area (Å²) in [5.74, 6) is -0.681. The third kappa shape index (κ3) is 6.02. The summed E-state index contributed by atoms with van der Waals surface area (Å²) in [7, 11) is -2.49. The number of rotatable bonds is 7. The fourth-order valence-corrected chi connectivity index (χ4v) is 7.10. The van der Waals surface area contributed by atoms with Crippen LogP contribution in [-0.2, 0) is 10.0 Å². The van der Waals surface area contributed by atoms with Crippen molar-refractivity contribution in [2.75, 3.05) is 42.2 Å². The second kappa shape index (κ2) is 11.6. The molecule has 0 radical (unpaired) electrons. The van der Waals surface area contributed by atoms with Crippen LogP contribution in [0.25, 0.3) is 0 Å². The zero-order valence-electron chi connectivity index (χ0n) is 21.4. The number of sulfonamides is 1. The highest BCUT2D eigenvalue weighted by molar-refractivity contribution is 7.92. The zero-order chi connectivity index (χ0) is 28.4. The van der Waals surface area contributed by atoms with Gasteiger partial charge >= 0.3 is 6.03 Å². The minimum absolute atomic E-state index is 0.0927. The third-order valence-corrected chi connectivity index (χ3v) is 9.70. The van der Waals surface area contributed by atoms with Crippen molar-refractivity contribution in [1.82, 2.24) is 9.62 Å². The second-order valence-electron chi connectivity index (χ2n) is 9.35. The molecule has 0 saturated carbocycles. The van der Waals surface area contributed by atoms with Crippen LogP contribution in [0.2, 0.25) is 4.34 Å². The highest BCUT2D eigenvalue weighted by Crippen LogP contribution is 2.36. The maximum absolute atomic E-state index is 14.6. The molecule has 3 amide bonds. The molecule has 1 aromatic heterocycles. The molecule has 2 aliphatic heterocycles. The van der Waals surface area contributed by atoms with Crippen LogP contribution in [0, 0.1) is 5.82 Å². The van der Waals surface area contributed by atoms with Crippen molar-refractivity contribution in [3.8, 4) is 5.75 Å². The molecule has 10 nitrogen and oxygen atoms in total. The van der Waals surface area contributed by atoms with Crippen LogP contribution in [0.15, 0.2) is 52.7 Å². The molecule has 2 aromatic carbocycles. The van der Waals surface area contributed by atoms with Crippen LogP contribution < -0.4 is 25.0 Å². The molecule has 2 aliphatic rings. The normalized spacial score (nSPS) is 17.6. The number of amides is 3. The first-order valence-electron chi connectivity index (χ1n) is 12.6. The fourth-order valence-electron chi connectivity index (χ4n) is 4.71. The summed E-state index contributed by atoms with van der Waals surface area (Å²) in [6.45, 7) is 2.24. The zero-order valence-corrected chi connectivity index (χ0v) is 23.8. The molecule has 3 heterocycles. The summed E-state index contributed by atoms with van der Waals surface area (Å²) >= 11 is 6.63. The first-order chi connectivity index (χ1) is 19.1. The SMILES string of the molecule is CNc1cc2c(cc1F)C(=O)N(c1ccc(NC(=O)NS(=O)(=O)c3ccc(Cl)s3)cc1)C(CN1CCCCC1)O2. The molecule has 1 saturated heterocycles. The average molecular weight is 608 g/mol. The van der Waals surface area contributed by atoms with Crippen LogP contribution >= 0.6 is 22.9 Å². The molecule has 1 unspecified atom stereocenters. The topological polar surface area (TPSA) is 120 Å². The molecule has 212 valence electrons. The van der Waals surface area contributed by atoms with Gasteiger partial charge in [-0.15, -0.1) is 11.3 Å². The number of carbonyl (C=O) groups is 2. The number of anilines is 3. The predicted molar refractivity (Wildman–Crippen MR) is 153 cm³/mol. The van der Waals surface area contributed by atoms with Crippen molar-refractivity contribution in [2.24, 2.45) is 0 Å². The molecule has 3 N–H and O–H groups in total. The summed E-state index contributed by atoms with van der Waals surface area (Å²) in [6, 6.07) is 10.7. The molecular weight excluding hydrogens is 581 g/mol. The number of likely N-dealkylation sites (tertiary alicyclic amines) is 1. The molecule has 1 fully saturated rings. The van der Waals surface area contributed by atoms with E-state index >= 15 is 0 Å². The van der Waals surface area contributed by atoms with E-state index < -0.39 is 34.0 Å². The number of nitrogens with zero attached hydrogens (tertiary/aromatic N) is 2. The quantitative estimate of drug-likeness (QED) is 0.348. The summed E-state index contributed by atoms with van der Waals surface area (Å²) in [6.07, 6.45) is 2.61. The number of thiophene rings is 1. The van der Waals surface area contributed by atoms with Crippen molar-refractivity contribution in [3.05, 3.63) is 64.2 Å². The van der Waals surface area contributed by atoms with Crippen LogP contribution in [0.1, 0.15) is 29.6 Å². The van der Waals surface area contributed by atoms with Gasteiger partial charge in [0.1, 0.15) is 15.8 Å². The van der Waals surface area contributed by atoms with E-state index in [2.05, 4.69) is 15.5 Å². The maximum Gasteiger partial charge on any atom is 0.333 e. The molecular formula is C26H27ClFN5O5S2. The number of piperidine rings is 1. The number of halogens is 2. The second-order valence-corrected chi connectivity index (χ2v) is 13.0. The van der Waals surface area contributed by atoms with Gasteiger partial charge in [-0.1, -0.05) is 18.0 Å². The largest absolute Gasteiger partial charge is 0.468 e. The van der Waals surface area contributed by atoms with Crippen LogP contribution in [-0.4, -0.2) is 58.2 Å². The number of ether oxygens (including phenoxy) is 1. The lowest BCUT2D eigenvalue weighted by Gasteiger charge is -2.40. The van der Waals surface area contributed by atoms with Crippen LogP contribution in [0.3, 0.4) is 0 Å². The van der Waals surface area contributed by atoms with E-state index in [1.807, 2.05) is 4.72 Å². The van der Waals surface area contributed by atoms with E-state index in [0.29, 0.717) is 23.7 Å². The lowest BCUT2D eigenvalue weighted by molar-refractivity contribution is 0.0746. The Balaban J connectivity index is 1.36. The predicted octanol–water partition coefficient (Wildman–Crippen LogP) is 4.94. The van der Waals surface area contributed by atoms with E-state index in [1.165, 1.54) is 35.2 Å². The maximum atomic E-state index is 14.6. The van der Waals surface area contributed by atoms with E-state index in [0.717, 1.165) is 49.8 Å². The summed E-state index contributed by atoms with van der Waals surface area (Å²) < 4.78 is 47.7. The van der Waals surface area contributed by atoms with E-state index in [-0.39, 0.29) is 19.8 Å². The Morgan fingerprint density at radius 2 is 1.85 bits per heavy atom. The third-order valence-electron chi connectivity index (χ3n) is 6.65. The monoisotopic (exact) mass is 607 g/mol. The van der Waals surface area contributed by atoms with Gasteiger partial charge in [0.15, 0.2) is 6.23 Å². The van der Waals surface area contributed by atoms with Gasteiger partial charge in [-0.3, -0.25) is 14.6 Å². The lowest BCUT2D eigenvalue weighted by atomic mass is 10.1. The fraction of sp³-hybridized carbons (Fsp3) is 0.308. The number of hydrogen-bond acceptors (Lipinski definition) is 8. The van der Waals surface area contributed by atoms with Crippen LogP contribution in [0.4, 0.5) is 26.2 Å². The van der Waals surface area contributed by atoms with Gasteiger partial charge < -0.3 is 15.4 Å². The molecule has 5 rings (SSSR count). The minimum Gasteiger partial charge on any atom is -0.468 e. The standard InChI is InChI=1S/C26H27ClFN5O5S2/c1-29-20-14-21-18(13-19(20)28)25(34)33(23(38-21)15-32-11-3-2-4-12-32)17-7-5-16(6-8-17)30-26(35)31-40(36,37)24-10-9-22(27)39-24/h5-10,13-14,23,29H,2-4,11-12,15H2,1H3,(H2,30,31,35). The average Bonchev–Trinajstić information content (AvgIpc) is 3.37. The summed E-state index contributed by atoms with van der Waals surface area (Å²) in [5, 5.41) is 5.24. The first kappa shape index (κ1) is 28.1. The molecule has 0 spiro atoms. The number of urea groups is 1. The van der Waals surface area contributed by atoms with E-state index in [1.54, 1.807) is 19.2 Å². The van der Waals surface area contributed by atoms with Gasteiger partial charge in [-0.05, 0) is 68.4 Å². The van der Waals surface area contributed by atoms with Crippen molar-refractivity contribution in [2.45, 2.75) is 29.7 Å². The van der Waals surface area contributed by atoms with Gasteiger partial charge in [0.2, 0.25) is 0 Å². The van der Waals surface area contributed by atoms with Gasteiger partial charge in [0.05, 0.1) is 22.1 Å². The number of hydrogen-bond donors (Lipinski definition) is 3. The van der Waals surface area contributed by atoms with Gasteiger partial charge in [-0.2, -0.15) is 0 Å². The Morgan fingerprint density at radius 3 is 2.50 bits per heavy atom. The summed E-state index contributed by atoms with van der Waals surface area (Å²) in [4.78, 5) is 29.8. The van der Waals surface area contributed by atoms with Crippen molar-refractivity contribution >= 4 is 62.0 Å². The highest BCUT2D eigenvalue weighted by atomic mass is 35.5. The van der Waals surface area contributed by atoms with Gasteiger partial charge in [0, 0.05) is 24.5 Å². The molecule has 1 atom stereocenters. The molecule has 0 aliphatic carbocycles. The first-order valence-corrected chi connectivity index (χ1v) is 15.3. The number of benzene rings is 2. The minimum atomic E-state index is -4.09. The van der Waals surface area contributed by atoms with Crippen molar-refractivity contribution < 1.29 is 27.1 Å². The van der Waals surface area contributed by atoms with Gasteiger partial charge in [-0.25, -0.2) is 22.3 Å². The number of fused-ring (bicyclic) bond motifs is 1. The van der Waals surface area contributed by atoms with Crippen molar-refractivity contribution in [1.29, 1.82) is 0 Å². The Bertz CT molecular complexity index is 1530. The Kier molecular flexibility index (Phi) is 8.17. The van der Waals surface area contributed by atoms with E-state index in [9.17, 15) is 22.4 Å². The smallest absolute Gasteiger partial charge is 0.333 e. The Morgan fingerprint density at radius 1 is 1.12 bits per heavy atom. The van der Waals surface area contributed by atoms with E-state index in [4.69, 9.17) is 16.3 Å².